The Morgan fingerprint density at radius 3 is 2.69 bits per heavy atom. The number of carboxylic acid groups (broad SMARTS) is 1. The number of amides is 1. The lowest BCUT2D eigenvalue weighted by atomic mass is 10.1. The molecule has 0 aromatic heterocycles. The van der Waals surface area contributed by atoms with Gasteiger partial charge in [-0.2, -0.15) is 0 Å². The minimum atomic E-state index is -1.04. The molecule has 0 saturated carbocycles. The van der Waals surface area contributed by atoms with Gasteiger partial charge >= 0.3 is 5.97 Å². The molecule has 36 heavy (non-hydrogen) atoms. The molecule has 0 atom stereocenters. The monoisotopic (exact) mass is 586 g/mol. The first-order valence-corrected chi connectivity index (χ1v) is 12.6. The van der Waals surface area contributed by atoms with Gasteiger partial charge in [0.2, 0.25) is 0 Å². The van der Waals surface area contributed by atoms with Crippen LogP contribution in [-0.2, 0) is 11.4 Å². The van der Waals surface area contributed by atoms with Crippen molar-refractivity contribution in [1.82, 2.24) is 4.90 Å². The first-order valence-electron chi connectivity index (χ1n) is 10.6. The molecule has 3 aromatic rings. The summed E-state index contributed by atoms with van der Waals surface area (Å²) in [6.45, 7) is 0.304. The number of hydrogen-bond acceptors (Lipinski definition) is 6. The number of rotatable bonds is 7. The lowest BCUT2D eigenvalue weighted by molar-refractivity contribution is -0.121. The summed E-state index contributed by atoms with van der Waals surface area (Å²) in [6.07, 6.45) is 1.74. The van der Waals surface area contributed by atoms with Gasteiger partial charge in [-0.05, 0) is 87.4 Å². The summed E-state index contributed by atoms with van der Waals surface area (Å²) in [5.74, 6) is -0.227. The van der Waals surface area contributed by atoms with Crippen LogP contribution in [0.15, 0.2) is 75.0 Å². The first-order chi connectivity index (χ1) is 17.2. The number of thioether (sulfide) groups is 1. The average Bonchev–Trinajstić information content (AvgIpc) is 3.10. The van der Waals surface area contributed by atoms with Gasteiger partial charge < -0.3 is 14.6 Å². The molecule has 1 amide bonds. The van der Waals surface area contributed by atoms with Crippen LogP contribution < -0.4 is 9.47 Å². The largest absolute Gasteiger partial charge is 0.493 e. The molecule has 0 spiro atoms. The molecular formula is C26H20BrClN2O5S. The summed E-state index contributed by atoms with van der Waals surface area (Å²) in [7, 11) is 3.17. The van der Waals surface area contributed by atoms with E-state index in [1.165, 1.54) is 28.8 Å². The van der Waals surface area contributed by atoms with Crippen molar-refractivity contribution < 1.29 is 24.2 Å². The zero-order chi connectivity index (χ0) is 25.8. The number of methoxy groups -OCH3 is 1. The molecule has 1 fully saturated rings. The number of ether oxygens (including phenoxy) is 2. The molecule has 184 valence electrons. The molecule has 1 saturated heterocycles. The molecule has 0 aliphatic carbocycles. The summed E-state index contributed by atoms with van der Waals surface area (Å²) in [4.78, 5) is 30.5. The smallest absolute Gasteiger partial charge is 0.335 e. The number of halogens is 2. The number of carboxylic acids is 1. The van der Waals surface area contributed by atoms with Gasteiger partial charge in [0.25, 0.3) is 5.91 Å². The van der Waals surface area contributed by atoms with Crippen LogP contribution in [0.5, 0.6) is 11.5 Å². The number of nitrogens with zero attached hydrogens (tertiary/aromatic N) is 2. The van der Waals surface area contributed by atoms with Crippen LogP contribution >= 0.6 is 39.3 Å². The van der Waals surface area contributed by atoms with E-state index < -0.39 is 5.97 Å². The summed E-state index contributed by atoms with van der Waals surface area (Å²) < 4.78 is 12.2. The predicted octanol–water partition coefficient (Wildman–Crippen LogP) is 6.62. The third-order valence-corrected chi connectivity index (χ3v) is 7.03. The maximum Gasteiger partial charge on any atom is 0.335 e. The predicted molar refractivity (Wildman–Crippen MR) is 145 cm³/mol. The Morgan fingerprint density at radius 2 is 1.97 bits per heavy atom. The molecule has 1 heterocycles. The van der Waals surface area contributed by atoms with Crippen molar-refractivity contribution in [2.45, 2.75) is 6.61 Å². The van der Waals surface area contributed by atoms with E-state index in [9.17, 15) is 14.7 Å². The van der Waals surface area contributed by atoms with Crippen LogP contribution in [0.2, 0.25) is 5.02 Å². The fourth-order valence-electron chi connectivity index (χ4n) is 3.37. The van der Waals surface area contributed by atoms with E-state index in [0.717, 1.165) is 11.1 Å². The molecule has 3 aromatic carbocycles. The fourth-order valence-corrected chi connectivity index (χ4v) is 5.14. The number of likely N-dealkylation sites (N-methyl/N-ethyl adjacent to an activating group) is 1. The van der Waals surface area contributed by atoms with Crippen molar-refractivity contribution in [2.75, 3.05) is 14.2 Å². The second-order valence-electron chi connectivity index (χ2n) is 7.68. The molecular weight excluding hydrogens is 568 g/mol. The first kappa shape index (κ1) is 25.8. The summed E-state index contributed by atoms with van der Waals surface area (Å²) in [5.41, 5.74) is 2.22. The van der Waals surface area contributed by atoms with Crippen LogP contribution in [0, 0.1) is 0 Å². The average molecular weight is 588 g/mol. The van der Waals surface area contributed by atoms with Crippen molar-refractivity contribution in [3.05, 3.63) is 91.8 Å². The lowest BCUT2D eigenvalue weighted by Crippen LogP contribution is -2.23. The number of carbonyl (C=O) groups is 2. The van der Waals surface area contributed by atoms with Gasteiger partial charge in [-0.25, -0.2) is 9.79 Å². The number of aromatic carboxylic acids is 1. The number of hydrogen-bond donors (Lipinski definition) is 1. The molecule has 10 heteroatoms. The van der Waals surface area contributed by atoms with Crippen LogP contribution in [0.3, 0.4) is 0 Å². The highest BCUT2D eigenvalue weighted by atomic mass is 79.9. The second kappa shape index (κ2) is 11.2. The van der Waals surface area contributed by atoms with E-state index in [0.29, 0.717) is 43.4 Å². The van der Waals surface area contributed by atoms with Gasteiger partial charge in [0.05, 0.1) is 27.7 Å². The van der Waals surface area contributed by atoms with E-state index in [1.54, 1.807) is 44.5 Å². The Bertz CT molecular complexity index is 1410. The minimum Gasteiger partial charge on any atom is -0.493 e. The van der Waals surface area contributed by atoms with Gasteiger partial charge in [-0.15, -0.1) is 0 Å². The Kier molecular flexibility index (Phi) is 8.03. The number of aliphatic imine (C=N–C) groups is 1. The van der Waals surface area contributed by atoms with Crippen molar-refractivity contribution >= 4 is 68.1 Å². The van der Waals surface area contributed by atoms with Crippen LogP contribution in [0.25, 0.3) is 6.08 Å². The number of benzene rings is 3. The molecule has 0 bridgehead atoms. The zero-order valence-electron chi connectivity index (χ0n) is 19.2. The fraction of sp³-hybridized carbons (Fsp3) is 0.115. The van der Waals surface area contributed by atoms with Gasteiger partial charge in [0.15, 0.2) is 16.7 Å². The maximum absolute atomic E-state index is 12.9. The standard InChI is InChI=1S/C26H20BrClN2O5S/c1-30-24(31)22(36-26(30)29-19-8-4-6-17(13-19)25(32)33)12-16-10-20(27)23(21(11-16)34-2)35-14-15-5-3-7-18(28)9-15/h3-13H,14H2,1-2H3,(H,32,33)/b22-12-,29-26?. The number of carbonyl (C=O) groups excluding carboxylic acids is 1. The van der Waals surface area contributed by atoms with Crippen molar-refractivity contribution in [3.63, 3.8) is 0 Å². The SMILES string of the molecule is COc1cc(/C=C2\SC(=Nc3cccc(C(=O)O)c3)N(C)C2=O)cc(Br)c1OCc1cccc(Cl)c1. The quantitative estimate of drug-likeness (QED) is 0.313. The van der Waals surface area contributed by atoms with Gasteiger partial charge in [0.1, 0.15) is 6.61 Å². The van der Waals surface area contributed by atoms with Gasteiger partial charge in [-0.1, -0.05) is 29.8 Å². The van der Waals surface area contributed by atoms with Crippen LogP contribution in [0.4, 0.5) is 5.69 Å². The Labute approximate surface area is 225 Å². The lowest BCUT2D eigenvalue weighted by Gasteiger charge is -2.14. The van der Waals surface area contributed by atoms with Crippen molar-refractivity contribution in [2.24, 2.45) is 4.99 Å². The Hall–Kier alpha value is -3.27. The van der Waals surface area contributed by atoms with E-state index in [1.807, 2.05) is 24.3 Å². The summed E-state index contributed by atoms with van der Waals surface area (Å²) in [5, 5.41) is 10.3. The summed E-state index contributed by atoms with van der Waals surface area (Å²) in [6, 6.07) is 17.3. The van der Waals surface area contributed by atoms with Crippen molar-refractivity contribution in [3.8, 4) is 11.5 Å². The Balaban J connectivity index is 1.57. The molecule has 0 radical (unpaired) electrons. The van der Waals surface area contributed by atoms with Crippen molar-refractivity contribution in [1.29, 1.82) is 0 Å². The van der Waals surface area contributed by atoms with Gasteiger partial charge in [0, 0.05) is 12.1 Å². The van der Waals surface area contributed by atoms with Crippen LogP contribution in [-0.4, -0.2) is 41.2 Å². The third kappa shape index (κ3) is 5.92. The highest BCUT2D eigenvalue weighted by Crippen LogP contribution is 2.39. The van der Waals surface area contributed by atoms with Gasteiger partial charge in [-0.3, -0.25) is 9.69 Å². The van der Waals surface area contributed by atoms with E-state index >= 15 is 0 Å². The van der Waals surface area contributed by atoms with E-state index in [-0.39, 0.29) is 11.5 Å². The Morgan fingerprint density at radius 1 is 1.19 bits per heavy atom. The molecule has 0 unspecified atom stereocenters. The maximum atomic E-state index is 12.9. The summed E-state index contributed by atoms with van der Waals surface area (Å²) >= 11 is 10.8. The molecule has 1 aliphatic rings. The highest BCUT2D eigenvalue weighted by Gasteiger charge is 2.30. The normalized spacial score (nSPS) is 15.6. The molecule has 1 aliphatic heterocycles. The van der Waals surface area contributed by atoms with Crippen LogP contribution in [0.1, 0.15) is 21.5 Å². The zero-order valence-corrected chi connectivity index (χ0v) is 22.4. The highest BCUT2D eigenvalue weighted by molar-refractivity contribution is 9.10. The topological polar surface area (TPSA) is 88.4 Å². The minimum absolute atomic E-state index is 0.124. The second-order valence-corrected chi connectivity index (χ2v) is 9.98. The number of amidine groups is 1. The molecule has 7 nitrogen and oxygen atoms in total. The van der Waals surface area contributed by atoms with E-state index in [2.05, 4.69) is 20.9 Å². The molecule has 4 rings (SSSR count). The van der Waals surface area contributed by atoms with E-state index in [4.69, 9.17) is 21.1 Å². The molecule has 1 N–H and O–H groups in total. The third-order valence-electron chi connectivity index (χ3n) is 5.14.